The van der Waals surface area contributed by atoms with Crippen LogP contribution in [0.5, 0.6) is 0 Å². The van der Waals surface area contributed by atoms with Crippen LogP contribution in [0.1, 0.15) is 0 Å². The first kappa shape index (κ1) is 29.8. The Labute approximate surface area is 193 Å². The molecule has 0 aliphatic rings. The maximum Gasteiger partial charge on any atom is 1.00 e. The molecule has 13 heteroatoms. The average Bonchev–Trinajstić information content (AvgIpc) is 2.21. The van der Waals surface area contributed by atoms with Crippen molar-refractivity contribution in [2.24, 2.45) is 0 Å². The minimum absolute atomic E-state index is 0. The van der Waals surface area contributed by atoms with E-state index in [0.29, 0.717) is 0 Å². The van der Waals surface area contributed by atoms with Gasteiger partial charge in [0.25, 0.3) is 0 Å². The van der Waals surface area contributed by atoms with Gasteiger partial charge in [-0.2, -0.15) is 0 Å². The van der Waals surface area contributed by atoms with E-state index in [1.165, 1.54) is 0 Å². The third-order valence-electron chi connectivity index (χ3n) is 1.64. The number of carbonyl (C=O) groups is 1. The van der Waals surface area contributed by atoms with Gasteiger partial charge in [0.05, 0.1) is 14.4 Å². The molecule has 0 aromatic carbocycles. The molecular weight excluding hydrogens is 341 g/mol. The number of aliphatic hydroxyl groups excluding tert-OH is 4. The zero-order valence-corrected chi connectivity index (χ0v) is 17.5. The molecule has 19 heavy (non-hydrogen) atoms. The summed E-state index contributed by atoms with van der Waals surface area (Å²) < 4.78 is 13.6. The van der Waals surface area contributed by atoms with Gasteiger partial charge in [0.15, 0.2) is 6.29 Å². The van der Waals surface area contributed by atoms with Crippen molar-refractivity contribution >= 4 is 14.1 Å². The molecule has 0 unspecified atom stereocenters. The summed E-state index contributed by atoms with van der Waals surface area (Å²) >= 11 is 0. The van der Waals surface area contributed by atoms with Gasteiger partial charge in [-0.1, -0.05) is 0 Å². The van der Waals surface area contributed by atoms with Gasteiger partial charge in [0.2, 0.25) is 0 Å². The van der Waals surface area contributed by atoms with Crippen molar-refractivity contribution in [3.05, 3.63) is 0 Å². The van der Waals surface area contributed by atoms with Crippen LogP contribution in [-0.2, 0) is 13.9 Å². The van der Waals surface area contributed by atoms with Crippen LogP contribution in [0.4, 0.5) is 0 Å². The number of hydrogen-bond acceptors (Lipinski definition) is 9. The quantitative estimate of drug-likeness (QED) is 0.194. The third kappa shape index (κ3) is 14.2. The number of rotatable bonds is 7. The summed E-state index contributed by atoms with van der Waals surface area (Å²) in [5, 5.41) is 35.9. The smallest absolute Gasteiger partial charge is 0.790 e. The average molecular weight is 354 g/mol. The topological polar surface area (TPSA) is 202 Å². The molecule has 0 spiro atoms. The molecule has 0 aliphatic carbocycles. The predicted molar refractivity (Wildman–Crippen MR) is 47.3 cm³/mol. The first-order chi connectivity index (χ1) is 7.19. The normalized spacial score (nSPS) is 16.7. The van der Waals surface area contributed by atoms with Gasteiger partial charge in [0.1, 0.15) is 24.4 Å². The second kappa shape index (κ2) is 14.4. The fourth-order valence-corrected chi connectivity index (χ4v) is 1.11. The SMILES string of the molecule is O.O=C[C@H](O)[C@@H](O)[C@H](O)[C@H](O)COP(=O)([O-])[O-].[K+].[K+]. The zero-order valence-electron chi connectivity index (χ0n) is 10.4. The van der Waals surface area contributed by atoms with E-state index in [9.17, 15) is 19.1 Å². The van der Waals surface area contributed by atoms with Crippen LogP contribution in [0, 0.1) is 0 Å². The summed E-state index contributed by atoms with van der Waals surface area (Å²) in [5.41, 5.74) is 0. The molecule has 4 atom stereocenters. The standard InChI is InChI=1S/C6H13O9P.2K.H2O/c7-1-3(8)5(10)6(11)4(9)2-15-16(12,13)14;;;/h1,3-6,8-11H,2H2,(H2,12,13,14);;;1H2/q;2*+1;/p-2/t3-,4+,5+,6+;;;/m0.../s1. The van der Waals surface area contributed by atoms with Crippen LogP contribution in [0.2, 0.25) is 0 Å². The second-order valence-corrected chi connectivity index (χ2v) is 4.07. The van der Waals surface area contributed by atoms with Crippen LogP contribution < -0.4 is 113 Å². The second-order valence-electron chi connectivity index (χ2n) is 2.92. The fraction of sp³-hybridized carbons (Fsp3) is 0.833. The molecule has 0 heterocycles. The molecule has 6 N–H and O–H groups in total. The molecule has 0 aromatic heterocycles. The Balaban J connectivity index is -0.000000375. The Morgan fingerprint density at radius 3 is 1.84 bits per heavy atom. The molecule has 0 saturated carbocycles. The van der Waals surface area contributed by atoms with Gasteiger partial charge in [0, 0.05) is 0 Å². The van der Waals surface area contributed by atoms with Crippen molar-refractivity contribution in [1.29, 1.82) is 0 Å². The maximum absolute atomic E-state index is 10.0. The van der Waals surface area contributed by atoms with Crippen molar-refractivity contribution in [3.8, 4) is 0 Å². The minimum atomic E-state index is -5.30. The Morgan fingerprint density at radius 2 is 1.53 bits per heavy atom. The number of aliphatic hydroxyl groups is 4. The van der Waals surface area contributed by atoms with E-state index in [2.05, 4.69) is 4.52 Å². The van der Waals surface area contributed by atoms with E-state index in [4.69, 9.17) is 20.4 Å². The summed E-state index contributed by atoms with van der Waals surface area (Å²) in [7, 11) is -5.30. The van der Waals surface area contributed by atoms with Crippen LogP contribution in [-0.4, -0.2) is 63.2 Å². The minimum Gasteiger partial charge on any atom is -0.790 e. The van der Waals surface area contributed by atoms with Gasteiger partial charge >= 0.3 is 103 Å². The zero-order chi connectivity index (χ0) is 12.9. The molecule has 0 radical (unpaired) electrons. The summed E-state index contributed by atoms with van der Waals surface area (Å²) in [6.07, 6.45) is -8.04. The monoisotopic (exact) mass is 354 g/mol. The number of aldehydes is 1. The summed E-state index contributed by atoms with van der Waals surface area (Å²) in [6.45, 7) is -1.09. The number of phosphoric acid groups is 1. The van der Waals surface area contributed by atoms with Crippen LogP contribution in [0.25, 0.3) is 0 Å². The van der Waals surface area contributed by atoms with E-state index in [0.717, 1.165) is 0 Å². The van der Waals surface area contributed by atoms with Crippen molar-refractivity contribution < 1.29 is 152 Å². The van der Waals surface area contributed by atoms with E-state index in [1.54, 1.807) is 0 Å². The fourth-order valence-electron chi connectivity index (χ4n) is 0.776. The Kier molecular flexibility index (Phi) is 22.7. The predicted octanol–water partition coefficient (Wildman–Crippen LogP) is -11.3. The van der Waals surface area contributed by atoms with Crippen LogP contribution >= 0.6 is 7.82 Å². The van der Waals surface area contributed by atoms with Gasteiger partial charge < -0.3 is 49.6 Å². The first-order valence-electron chi connectivity index (χ1n) is 4.03. The molecule has 0 fully saturated rings. The van der Waals surface area contributed by atoms with E-state index < -0.39 is 38.8 Å². The van der Waals surface area contributed by atoms with Crippen LogP contribution in [0.3, 0.4) is 0 Å². The molecule has 0 saturated heterocycles. The van der Waals surface area contributed by atoms with Crippen molar-refractivity contribution in [3.63, 3.8) is 0 Å². The third-order valence-corrected chi connectivity index (χ3v) is 2.10. The first-order valence-corrected chi connectivity index (χ1v) is 5.49. The van der Waals surface area contributed by atoms with Crippen molar-refractivity contribution in [1.82, 2.24) is 0 Å². The number of carbonyl (C=O) groups excluding carboxylic acids is 1. The molecular formula is C6H13K2O10P. The summed E-state index contributed by atoms with van der Waals surface area (Å²) in [6, 6.07) is 0. The van der Waals surface area contributed by atoms with Gasteiger partial charge in [-0.25, -0.2) is 0 Å². The Hall–Kier alpha value is 2.85. The molecule has 0 rings (SSSR count). The number of phosphoric ester groups is 1. The largest absolute Gasteiger partial charge is 1.00 e. The molecule has 104 valence electrons. The van der Waals surface area contributed by atoms with Crippen molar-refractivity contribution in [2.45, 2.75) is 24.4 Å². The Morgan fingerprint density at radius 1 is 1.11 bits per heavy atom. The molecule has 10 nitrogen and oxygen atoms in total. The molecule has 0 aromatic rings. The van der Waals surface area contributed by atoms with Gasteiger partial charge in [-0.05, 0) is 0 Å². The van der Waals surface area contributed by atoms with Gasteiger partial charge in [-0.15, -0.1) is 0 Å². The number of hydrogen-bond donors (Lipinski definition) is 4. The molecule has 0 amide bonds. The Bertz CT molecular complexity index is 273. The summed E-state index contributed by atoms with van der Waals surface area (Å²) in [4.78, 5) is 30.0. The van der Waals surface area contributed by atoms with E-state index >= 15 is 0 Å². The van der Waals surface area contributed by atoms with Crippen molar-refractivity contribution in [2.75, 3.05) is 6.61 Å². The van der Waals surface area contributed by atoms with E-state index in [-0.39, 0.29) is 115 Å². The molecule has 0 aliphatic heterocycles. The van der Waals surface area contributed by atoms with Gasteiger partial charge in [-0.3, -0.25) is 0 Å². The maximum atomic E-state index is 10.0. The summed E-state index contributed by atoms with van der Waals surface area (Å²) in [5.74, 6) is 0. The van der Waals surface area contributed by atoms with E-state index in [1.807, 2.05) is 0 Å². The van der Waals surface area contributed by atoms with Crippen LogP contribution in [0.15, 0.2) is 0 Å². The molecule has 0 bridgehead atoms.